The molecule has 5 nitrogen and oxygen atoms in total. The van der Waals surface area contributed by atoms with E-state index in [1.165, 1.54) is 0 Å². The molecule has 2 aromatic rings. The topological polar surface area (TPSA) is 54.0 Å². The van der Waals surface area contributed by atoms with E-state index in [9.17, 15) is 4.79 Å². The van der Waals surface area contributed by atoms with Gasteiger partial charge in [-0.3, -0.25) is 4.79 Å². The van der Waals surface area contributed by atoms with Crippen LogP contribution in [0.3, 0.4) is 0 Å². The lowest BCUT2D eigenvalue weighted by Crippen LogP contribution is -2.12. The van der Waals surface area contributed by atoms with Gasteiger partial charge in [0.05, 0.1) is 36.5 Å². The minimum Gasteiger partial charge on any atom is -0.490 e. The second kappa shape index (κ2) is 14.3. The lowest BCUT2D eigenvalue weighted by atomic mass is 9.87. The Hall–Kier alpha value is -2.63. The van der Waals surface area contributed by atoms with Crippen LogP contribution >= 0.6 is 23.2 Å². The normalized spacial score (nSPS) is 15.8. The standard InChI is InChI=1S/C30H36Cl2O5/c1-5-12-36-29-24(31)16-20(18-26(29)34-7-3)14-22-10-9-11-23(28(22)33)15-21-17-25(32)30(37-13-6-2)27(19-21)35-8-4/h14-19H,5-13H2,1-4H3/b22-14-,23-15+. The Labute approximate surface area is 230 Å². The van der Waals surface area contributed by atoms with Crippen LogP contribution in [0.2, 0.25) is 10.0 Å². The molecular weight excluding hydrogens is 511 g/mol. The van der Waals surface area contributed by atoms with E-state index in [2.05, 4.69) is 0 Å². The summed E-state index contributed by atoms with van der Waals surface area (Å²) >= 11 is 13.1. The maximum atomic E-state index is 13.4. The number of allylic oxidation sites excluding steroid dienone is 2. The van der Waals surface area contributed by atoms with Gasteiger partial charge in [-0.1, -0.05) is 37.0 Å². The zero-order chi connectivity index (χ0) is 26.8. The van der Waals surface area contributed by atoms with Crippen molar-refractivity contribution in [2.45, 2.75) is 59.8 Å². The first kappa shape index (κ1) is 28.9. The van der Waals surface area contributed by atoms with Gasteiger partial charge < -0.3 is 18.9 Å². The highest BCUT2D eigenvalue weighted by Crippen LogP contribution is 2.40. The third kappa shape index (κ3) is 7.68. The highest BCUT2D eigenvalue weighted by molar-refractivity contribution is 6.33. The highest BCUT2D eigenvalue weighted by Gasteiger charge is 2.22. The Bertz CT molecular complexity index is 1070. The number of carbonyl (C=O) groups excluding carboxylic acids is 1. The first-order chi connectivity index (χ1) is 17.9. The van der Waals surface area contributed by atoms with Crippen molar-refractivity contribution in [3.63, 3.8) is 0 Å². The summed E-state index contributed by atoms with van der Waals surface area (Å²) in [4.78, 5) is 13.4. The number of rotatable bonds is 12. The van der Waals surface area contributed by atoms with Crippen LogP contribution in [-0.2, 0) is 4.79 Å². The molecule has 0 radical (unpaired) electrons. The van der Waals surface area contributed by atoms with E-state index in [1.54, 1.807) is 0 Å². The summed E-state index contributed by atoms with van der Waals surface area (Å²) in [5, 5.41) is 0.933. The van der Waals surface area contributed by atoms with Crippen molar-refractivity contribution in [2.24, 2.45) is 0 Å². The fourth-order valence-corrected chi connectivity index (χ4v) is 4.68. The molecule has 37 heavy (non-hydrogen) atoms. The van der Waals surface area contributed by atoms with Gasteiger partial charge >= 0.3 is 0 Å². The van der Waals surface area contributed by atoms with Crippen molar-refractivity contribution in [3.8, 4) is 23.0 Å². The number of ether oxygens (including phenoxy) is 4. The van der Waals surface area contributed by atoms with E-state index in [0.29, 0.717) is 72.3 Å². The van der Waals surface area contributed by atoms with Crippen molar-refractivity contribution in [1.82, 2.24) is 0 Å². The van der Waals surface area contributed by atoms with Crippen LogP contribution in [0.15, 0.2) is 35.4 Å². The van der Waals surface area contributed by atoms with E-state index >= 15 is 0 Å². The number of hydrogen-bond acceptors (Lipinski definition) is 5. The van der Waals surface area contributed by atoms with Crippen LogP contribution in [0.25, 0.3) is 12.2 Å². The van der Waals surface area contributed by atoms with Crippen LogP contribution in [0.4, 0.5) is 0 Å². The van der Waals surface area contributed by atoms with Gasteiger partial charge in [0.1, 0.15) is 0 Å². The van der Waals surface area contributed by atoms with Crippen LogP contribution in [0.1, 0.15) is 70.9 Å². The van der Waals surface area contributed by atoms with Gasteiger partial charge in [0.15, 0.2) is 28.8 Å². The van der Waals surface area contributed by atoms with Crippen molar-refractivity contribution < 1.29 is 23.7 Å². The quantitative estimate of drug-likeness (QED) is 0.249. The maximum absolute atomic E-state index is 13.4. The number of ketones is 1. The number of hydrogen-bond donors (Lipinski definition) is 0. The molecule has 1 saturated carbocycles. The average Bonchev–Trinajstić information content (AvgIpc) is 2.86. The fraction of sp³-hybridized carbons (Fsp3) is 0.433. The second-order valence-electron chi connectivity index (χ2n) is 8.74. The molecule has 1 aliphatic carbocycles. The molecule has 0 heterocycles. The molecule has 7 heteroatoms. The molecule has 0 unspecified atom stereocenters. The zero-order valence-corrected chi connectivity index (χ0v) is 23.6. The lowest BCUT2D eigenvalue weighted by molar-refractivity contribution is -0.112. The first-order valence-corrected chi connectivity index (χ1v) is 13.8. The van der Waals surface area contributed by atoms with E-state index in [-0.39, 0.29) is 5.78 Å². The second-order valence-corrected chi connectivity index (χ2v) is 9.56. The van der Waals surface area contributed by atoms with E-state index in [0.717, 1.165) is 41.5 Å². The SMILES string of the molecule is CCCOc1c(Cl)cc(/C=C2/CCC/C(=C\c3cc(Cl)c(OCCC)c(OCC)c3)C2=O)cc1OCC. The fourth-order valence-electron chi connectivity index (χ4n) is 4.14. The minimum absolute atomic E-state index is 0.0204. The molecule has 3 rings (SSSR count). The van der Waals surface area contributed by atoms with Crippen molar-refractivity contribution in [2.75, 3.05) is 26.4 Å². The Kier molecular flexibility index (Phi) is 11.2. The third-order valence-corrected chi connectivity index (χ3v) is 6.28. The molecule has 0 spiro atoms. The van der Waals surface area contributed by atoms with Crippen LogP contribution in [-0.4, -0.2) is 32.2 Å². The maximum Gasteiger partial charge on any atom is 0.185 e. The average molecular weight is 548 g/mol. The molecule has 1 aliphatic rings. The van der Waals surface area contributed by atoms with Crippen molar-refractivity contribution >= 4 is 41.1 Å². The van der Waals surface area contributed by atoms with E-state index < -0.39 is 0 Å². The summed E-state index contributed by atoms with van der Waals surface area (Å²) < 4.78 is 23.2. The number of halogens is 2. The van der Waals surface area contributed by atoms with Crippen LogP contribution < -0.4 is 18.9 Å². The van der Waals surface area contributed by atoms with Gasteiger partial charge in [-0.2, -0.15) is 0 Å². The van der Waals surface area contributed by atoms with E-state index in [1.807, 2.05) is 64.1 Å². The number of benzene rings is 2. The number of carbonyl (C=O) groups is 1. The van der Waals surface area contributed by atoms with Crippen LogP contribution in [0.5, 0.6) is 23.0 Å². The monoisotopic (exact) mass is 546 g/mol. The van der Waals surface area contributed by atoms with Gasteiger partial charge in [-0.05, 0) is 93.5 Å². The molecule has 0 N–H and O–H groups in total. The minimum atomic E-state index is 0.0204. The summed E-state index contributed by atoms with van der Waals surface area (Å²) in [6.07, 6.45) is 7.78. The van der Waals surface area contributed by atoms with Gasteiger partial charge in [0.25, 0.3) is 0 Å². The molecule has 0 amide bonds. The first-order valence-electron chi connectivity index (χ1n) is 13.1. The summed E-state index contributed by atoms with van der Waals surface area (Å²) in [5.74, 6) is 2.26. The zero-order valence-electron chi connectivity index (χ0n) is 22.1. The molecule has 1 fully saturated rings. The smallest absolute Gasteiger partial charge is 0.185 e. The molecule has 0 aliphatic heterocycles. The molecule has 0 saturated heterocycles. The number of Topliss-reactive ketones (excluding diaryl/α,β-unsaturated/α-hetero) is 1. The molecule has 0 bridgehead atoms. The third-order valence-electron chi connectivity index (χ3n) is 5.72. The van der Waals surface area contributed by atoms with Crippen molar-refractivity contribution in [1.29, 1.82) is 0 Å². The molecule has 0 atom stereocenters. The van der Waals surface area contributed by atoms with Crippen molar-refractivity contribution in [3.05, 3.63) is 56.6 Å². The van der Waals surface area contributed by atoms with Gasteiger partial charge in [-0.25, -0.2) is 0 Å². The Balaban J connectivity index is 1.92. The highest BCUT2D eigenvalue weighted by atomic mass is 35.5. The molecule has 2 aromatic carbocycles. The largest absolute Gasteiger partial charge is 0.490 e. The van der Waals surface area contributed by atoms with Gasteiger partial charge in [-0.15, -0.1) is 0 Å². The molecular formula is C30H36Cl2O5. The summed E-state index contributed by atoms with van der Waals surface area (Å²) in [5.41, 5.74) is 3.08. The van der Waals surface area contributed by atoms with Gasteiger partial charge in [0, 0.05) is 11.1 Å². The predicted molar refractivity (Wildman–Crippen MR) is 152 cm³/mol. The Morgan fingerprint density at radius 3 is 1.51 bits per heavy atom. The molecule has 0 aromatic heterocycles. The van der Waals surface area contributed by atoms with E-state index in [4.69, 9.17) is 42.1 Å². The summed E-state index contributed by atoms with van der Waals surface area (Å²) in [6.45, 7) is 9.96. The Morgan fingerprint density at radius 1 is 0.703 bits per heavy atom. The summed E-state index contributed by atoms with van der Waals surface area (Å²) in [7, 11) is 0. The Morgan fingerprint density at radius 2 is 1.14 bits per heavy atom. The predicted octanol–water partition coefficient (Wildman–Crippen LogP) is 8.59. The van der Waals surface area contributed by atoms with Gasteiger partial charge in [0.2, 0.25) is 0 Å². The summed E-state index contributed by atoms with van der Waals surface area (Å²) in [6, 6.07) is 7.39. The van der Waals surface area contributed by atoms with Crippen LogP contribution in [0, 0.1) is 0 Å². The lowest BCUT2D eigenvalue weighted by Gasteiger charge is -2.18. The molecule has 200 valence electrons.